The highest BCUT2D eigenvalue weighted by molar-refractivity contribution is 7.90. The van der Waals surface area contributed by atoms with E-state index in [1.807, 2.05) is 26.0 Å². The molecule has 2 aromatic rings. The Labute approximate surface area is 242 Å². The van der Waals surface area contributed by atoms with Crippen LogP contribution in [0.1, 0.15) is 55.7 Å². The second-order valence-electron chi connectivity index (χ2n) is 10.3. The number of carbonyl (C=O) groups is 2. The molecule has 0 unspecified atom stereocenters. The third kappa shape index (κ3) is 7.66. The lowest BCUT2D eigenvalue weighted by Crippen LogP contribution is -2.54. The predicted molar refractivity (Wildman–Crippen MR) is 157 cm³/mol. The molecular weight excluding hydrogens is 559 g/mol. The lowest BCUT2D eigenvalue weighted by atomic mass is 10.1. The van der Waals surface area contributed by atoms with Crippen molar-refractivity contribution in [2.24, 2.45) is 0 Å². The molecule has 0 aliphatic heterocycles. The maximum Gasteiger partial charge on any atom is 0.304 e. The van der Waals surface area contributed by atoms with Crippen molar-refractivity contribution in [3.8, 4) is 0 Å². The zero-order valence-corrected chi connectivity index (χ0v) is 25.5. The molecule has 0 radical (unpaired) electrons. The van der Waals surface area contributed by atoms with Crippen LogP contribution in [0, 0.1) is 13.8 Å². The molecule has 39 heavy (non-hydrogen) atoms. The summed E-state index contributed by atoms with van der Waals surface area (Å²) >= 11 is 12.5. The van der Waals surface area contributed by atoms with E-state index in [0.717, 1.165) is 39.9 Å². The van der Waals surface area contributed by atoms with Gasteiger partial charge < -0.3 is 10.2 Å². The van der Waals surface area contributed by atoms with Gasteiger partial charge in [-0.3, -0.25) is 9.59 Å². The van der Waals surface area contributed by atoms with Gasteiger partial charge in [0.05, 0.1) is 5.69 Å². The molecule has 11 heteroatoms. The Hall–Kier alpha value is -2.33. The van der Waals surface area contributed by atoms with Gasteiger partial charge in [0, 0.05) is 36.7 Å². The Morgan fingerprint density at radius 2 is 1.72 bits per heavy atom. The number of benzene rings is 2. The monoisotopic (exact) mass is 596 g/mol. The summed E-state index contributed by atoms with van der Waals surface area (Å²) in [6.07, 6.45) is 4.26. The van der Waals surface area contributed by atoms with E-state index in [-0.39, 0.29) is 18.5 Å². The van der Waals surface area contributed by atoms with Crippen LogP contribution >= 0.6 is 23.2 Å². The van der Waals surface area contributed by atoms with E-state index in [1.165, 1.54) is 19.0 Å². The highest BCUT2D eigenvalue weighted by Crippen LogP contribution is 2.28. The smallest absolute Gasteiger partial charge is 0.304 e. The molecule has 2 amide bonds. The van der Waals surface area contributed by atoms with Crippen LogP contribution in [0.2, 0.25) is 10.0 Å². The van der Waals surface area contributed by atoms with Crippen LogP contribution in [-0.4, -0.2) is 62.2 Å². The molecule has 1 atom stereocenters. The number of nitrogens with one attached hydrogen (secondary N) is 1. The Kier molecular flexibility index (Phi) is 10.7. The van der Waals surface area contributed by atoms with Gasteiger partial charge in [-0.1, -0.05) is 61.2 Å². The zero-order chi connectivity index (χ0) is 28.9. The average Bonchev–Trinajstić information content (AvgIpc) is 3.38. The van der Waals surface area contributed by atoms with Crippen LogP contribution < -0.4 is 9.62 Å². The van der Waals surface area contributed by atoms with Crippen molar-refractivity contribution in [1.82, 2.24) is 14.5 Å². The molecule has 0 aromatic heterocycles. The molecule has 2 aromatic carbocycles. The summed E-state index contributed by atoms with van der Waals surface area (Å²) in [5.74, 6) is -0.766. The maximum atomic E-state index is 14.1. The van der Waals surface area contributed by atoms with Crippen molar-refractivity contribution >= 4 is 50.9 Å². The van der Waals surface area contributed by atoms with Gasteiger partial charge in [0.25, 0.3) is 0 Å². The van der Waals surface area contributed by atoms with Crippen LogP contribution in [-0.2, 0) is 26.3 Å². The van der Waals surface area contributed by atoms with Gasteiger partial charge in [-0.15, -0.1) is 0 Å². The fourth-order valence-electron chi connectivity index (χ4n) is 4.81. The summed E-state index contributed by atoms with van der Waals surface area (Å²) in [5, 5.41) is 3.91. The number of anilines is 1. The standard InChI is InChI=1S/C28H38Cl2N4O4S/c1-6-25(28(36)31-23-9-7-8-10-23)33(17-21-13-14-22(29)16-24(21)30)27(35)18-34(39(37,38)32(4)5)26-15-19(2)11-12-20(26)3/h11-16,23,25H,6-10,17-18H2,1-5H3,(H,31,36)/t25-/m1/s1. The van der Waals surface area contributed by atoms with Gasteiger partial charge in [-0.05, 0) is 68.0 Å². The second-order valence-corrected chi connectivity index (χ2v) is 13.2. The summed E-state index contributed by atoms with van der Waals surface area (Å²) in [6.45, 7) is 5.03. The van der Waals surface area contributed by atoms with E-state index in [4.69, 9.17) is 23.2 Å². The first-order chi connectivity index (χ1) is 18.3. The minimum Gasteiger partial charge on any atom is -0.352 e. The van der Waals surface area contributed by atoms with Gasteiger partial charge in [-0.2, -0.15) is 12.7 Å². The number of rotatable bonds is 11. The lowest BCUT2D eigenvalue weighted by Gasteiger charge is -2.35. The molecule has 1 saturated carbocycles. The highest BCUT2D eigenvalue weighted by Gasteiger charge is 2.35. The zero-order valence-electron chi connectivity index (χ0n) is 23.2. The molecule has 1 aliphatic rings. The molecular formula is C28H38Cl2N4O4S. The quantitative estimate of drug-likeness (QED) is 0.391. The van der Waals surface area contributed by atoms with Crippen LogP contribution in [0.3, 0.4) is 0 Å². The number of hydrogen-bond acceptors (Lipinski definition) is 4. The summed E-state index contributed by atoms with van der Waals surface area (Å²) in [6, 6.07) is 9.68. The Bertz CT molecular complexity index is 1300. The van der Waals surface area contributed by atoms with E-state index in [9.17, 15) is 18.0 Å². The normalized spacial score (nSPS) is 14.9. The van der Waals surface area contributed by atoms with Gasteiger partial charge in [0.15, 0.2) is 0 Å². The molecule has 1 fully saturated rings. The topological polar surface area (TPSA) is 90.0 Å². The van der Waals surface area contributed by atoms with Crippen LogP contribution in [0.4, 0.5) is 5.69 Å². The Balaban J connectivity index is 2.03. The SMILES string of the molecule is CC[C@H](C(=O)NC1CCCC1)N(Cc1ccc(Cl)cc1Cl)C(=O)CN(c1cc(C)ccc1C)S(=O)(=O)N(C)C. The fraction of sp³-hybridized carbons (Fsp3) is 0.500. The summed E-state index contributed by atoms with van der Waals surface area (Å²) in [4.78, 5) is 29.0. The first-order valence-corrected chi connectivity index (χ1v) is 15.3. The van der Waals surface area contributed by atoms with E-state index < -0.39 is 28.7 Å². The number of amides is 2. The molecule has 0 bridgehead atoms. The van der Waals surface area contributed by atoms with Crippen molar-refractivity contribution in [3.63, 3.8) is 0 Å². The van der Waals surface area contributed by atoms with Crippen LogP contribution in [0.25, 0.3) is 0 Å². The van der Waals surface area contributed by atoms with Crippen molar-refractivity contribution < 1.29 is 18.0 Å². The molecule has 8 nitrogen and oxygen atoms in total. The van der Waals surface area contributed by atoms with Gasteiger partial charge in [0.2, 0.25) is 11.8 Å². The van der Waals surface area contributed by atoms with E-state index in [1.54, 1.807) is 31.2 Å². The summed E-state index contributed by atoms with van der Waals surface area (Å²) < 4.78 is 29.1. The van der Waals surface area contributed by atoms with Crippen molar-refractivity contribution in [3.05, 3.63) is 63.1 Å². The van der Waals surface area contributed by atoms with E-state index >= 15 is 0 Å². The fourth-order valence-corrected chi connectivity index (χ4v) is 6.39. The number of aryl methyl sites for hydroxylation is 2. The predicted octanol–water partition coefficient (Wildman–Crippen LogP) is 5.09. The molecule has 214 valence electrons. The first-order valence-electron chi connectivity index (χ1n) is 13.2. The minimum absolute atomic E-state index is 0.0219. The van der Waals surface area contributed by atoms with Crippen molar-refractivity contribution in [2.45, 2.75) is 71.5 Å². The summed E-state index contributed by atoms with van der Waals surface area (Å²) in [5.41, 5.74) is 2.58. The Morgan fingerprint density at radius 1 is 1.05 bits per heavy atom. The van der Waals surface area contributed by atoms with E-state index in [0.29, 0.717) is 33.3 Å². The molecule has 0 saturated heterocycles. The van der Waals surface area contributed by atoms with Gasteiger partial charge in [-0.25, -0.2) is 4.31 Å². The van der Waals surface area contributed by atoms with Crippen molar-refractivity contribution in [2.75, 3.05) is 24.9 Å². The average molecular weight is 598 g/mol. The second kappa shape index (κ2) is 13.4. The maximum absolute atomic E-state index is 14.1. The van der Waals surface area contributed by atoms with Crippen LogP contribution in [0.15, 0.2) is 36.4 Å². The lowest BCUT2D eigenvalue weighted by molar-refractivity contribution is -0.140. The van der Waals surface area contributed by atoms with E-state index in [2.05, 4.69) is 5.32 Å². The third-order valence-corrected chi connectivity index (χ3v) is 9.49. The van der Waals surface area contributed by atoms with Gasteiger partial charge >= 0.3 is 10.2 Å². The molecule has 1 N–H and O–H groups in total. The third-order valence-electron chi connectivity index (χ3n) is 7.10. The van der Waals surface area contributed by atoms with Crippen LogP contribution in [0.5, 0.6) is 0 Å². The van der Waals surface area contributed by atoms with Crippen molar-refractivity contribution in [1.29, 1.82) is 0 Å². The largest absolute Gasteiger partial charge is 0.352 e. The number of nitrogens with zero attached hydrogens (tertiary/aromatic N) is 3. The Morgan fingerprint density at radius 3 is 2.31 bits per heavy atom. The molecule has 3 rings (SSSR count). The first kappa shape index (κ1) is 31.2. The van der Waals surface area contributed by atoms with Gasteiger partial charge in [0.1, 0.15) is 12.6 Å². The molecule has 0 spiro atoms. The number of hydrogen-bond donors (Lipinski definition) is 1. The number of carbonyl (C=O) groups excluding carboxylic acids is 2. The number of halogens is 2. The molecule has 0 heterocycles. The summed E-state index contributed by atoms with van der Waals surface area (Å²) in [7, 11) is -1.20. The minimum atomic E-state index is -4.04. The molecule has 1 aliphatic carbocycles. The highest BCUT2D eigenvalue weighted by atomic mass is 35.5.